The molecule has 0 saturated carbocycles. The maximum absolute atomic E-state index is 12.4. The second-order valence-electron chi connectivity index (χ2n) is 7.27. The first kappa shape index (κ1) is 23.6. The summed E-state index contributed by atoms with van der Waals surface area (Å²) in [5.74, 6) is 2.50. The molecule has 0 aliphatic heterocycles. The molecule has 11 heteroatoms. The van der Waals surface area contributed by atoms with Gasteiger partial charge in [-0.05, 0) is 30.7 Å². The number of amides is 1. The molecule has 1 amide bonds. The van der Waals surface area contributed by atoms with E-state index in [9.17, 15) is 4.79 Å². The molecule has 0 fully saturated rings. The molecule has 0 bridgehead atoms. The van der Waals surface area contributed by atoms with Crippen LogP contribution >= 0.6 is 23.2 Å². The Morgan fingerprint density at radius 3 is 2.82 bits per heavy atom. The maximum Gasteiger partial charge on any atom is 0.230 e. The highest BCUT2D eigenvalue weighted by molar-refractivity contribution is 6.30. The fourth-order valence-corrected chi connectivity index (χ4v) is 3.55. The molecular weight excluding hydrogens is 479 g/mol. The molecule has 176 valence electrons. The van der Waals surface area contributed by atoms with E-state index in [4.69, 9.17) is 32.7 Å². The first-order valence-electron chi connectivity index (χ1n) is 10.4. The van der Waals surface area contributed by atoms with Crippen molar-refractivity contribution < 1.29 is 14.3 Å². The highest BCUT2D eigenvalue weighted by Crippen LogP contribution is 2.34. The predicted molar refractivity (Wildman–Crippen MR) is 133 cm³/mol. The zero-order valence-corrected chi connectivity index (χ0v) is 19.8. The number of nitrogens with zero attached hydrogens (tertiary/aromatic N) is 3. The van der Waals surface area contributed by atoms with Gasteiger partial charge in [-0.1, -0.05) is 17.7 Å². The van der Waals surface area contributed by atoms with E-state index in [0.29, 0.717) is 57.5 Å². The van der Waals surface area contributed by atoms with Crippen molar-refractivity contribution in [3.63, 3.8) is 0 Å². The van der Waals surface area contributed by atoms with Gasteiger partial charge < -0.3 is 20.1 Å². The molecule has 0 radical (unpaired) electrons. The number of rotatable bonds is 10. The highest BCUT2D eigenvalue weighted by atomic mass is 35.5. The molecule has 9 nitrogen and oxygen atoms in total. The minimum Gasteiger partial charge on any atom is -0.493 e. The van der Waals surface area contributed by atoms with Gasteiger partial charge in [-0.2, -0.15) is 5.10 Å². The average Bonchev–Trinajstić information content (AvgIpc) is 3.25. The topological polar surface area (TPSA) is 114 Å². The fraction of sp³-hybridized carbons (Fsp3) is 0.217. The van der Waals surface area contributed by atoms with Crippen LogP contribution in [0.15, 0.2) is 48.8 Å². The standard InChI is InChI=1S/C23H22Cl2N6O3/c1-33-19-11-17-18(12-20(19)34-7-3-6-24)26-13-27-23(17)29-21-9-16(30-31-21)10-22(32)28-15-5-2-4-14(25)8-15/h2,4-5,8-9,11-13H,3,6-7,10H2,1H3,(H,28,32)(H2,26,27,29,30,31). The van der Waals surface area contributed by atoms with Crippen LogP contribution in [0.2, 0.25) is 5.02 Å². The van der Waals surface area contributed by atoms with Crippen molar-refractivity contribution in [1.82, 2.24) is 20.2 Å². The first-order valence-corrected chi connectivity index (χ1v) is 11.3. The number of nitrogens with one attached hydrogen (secondary N) is 3. The largest absolute Gasteiger partial charge is 0.493 e. The number of hydrogen-bond donors (Lipinski definition) is 3. The van der Waals surface area contributed by atoms with Crippen molar-refractivity contribution >= 4 is 57.3 Å². The molecule has 0 spiro atoms. The molecule has 4 rings (SSSR count). The Balaban J connectivity index is 1.48. The van der Waals surface area contributed by atoms with Crippen LogP contribution in [0.25, 0.3) is 10.9 Å². The molecule has 3 N–H and O–H groups in total. The summed E-state index contributed by atoms with van der Waals surface area (Å²) in [5, 5.41) is 14.3. The number of aromatic nitrogens is 4. The van der Waals surface area contributed by atoms with Gasteiger partial charge in [-0.25, -0.2) is 9.97 Å². The van der Waals surface area contributed by atoms with Gasteiger partial charge in [-0.15, -0.1) is 11.6 Å². The number of carbonyl (C=O) groups excluding carboxylic acids is 1. The van der Waals surface area contributed by atoms with Crippen LogP contribution in [0.4, 0.5) is 17.3 Å². The van der Waals surface area contributed by atoms with Gasteiger partial charge in [0.15, 0.2) is 17.3 Å². The summed E-state index contributed by atoms with van der Waals surface area (Å²) in [6, 6.07) is 12.3. The Bertz CT molecular complexity index is 1300. The van der Waals surface area contributed by atoms with Crippen LogP contribution in [-0.4, -0.2) is 45.7 Å². The number of H-pyrrole nitrogens is 1. The summed E-state index contributed by atoms with van der Waals surface area (Å²) in [6.07, 6.45) is 2.28. The summed E-state index contributed by atoms with van der Waals surface area (Å²) in [7, 11) is 1.57. The average molecular weight is 501 g/mol. The van der Waals surface area contributed by atoms with E-state index in [0.717, 1.165) is 11.8 Å². The number of anilines is 3. The van der Waals surface area contributed by atoms with Crippen molar-refractivity contribution in [2.45, 2.75) is 12.8 Å². The number of alkyl halides is 1. The second-order valence-corrected chi connectivity index (χ2v) is 8.09. The molecule has 0 aliphatic rings. The monoisotopic (exact) mass is 500 g/mol. The van der Waals surface area contributed by atoms with Gasteiger partial charge in [0.2, 0.25) is 5.91 Å². The van der Waals surface area contributed by atoms with E-state index in [1.165, 1.54) is 6.33 Å². The van der Waals surface area contributed by atoms with Crippen molar-refractivity contribution in [2.75, 3.05) is 30.2 Å². The third-order valence-electron chi connectivity index (χ3n) is 4.79. The Morgan fingerprint density at radius 2 is 2.03 bits per heavy atom. The Hall–Kier alpha value is -3.56. The van der Waals surface area contributed by atoms with Crippen molar-refractivity contribution in [3.8, 4) is 11.5 Å². The SMILES string of the molecule is COc1cc2c(Nc3cc(CC(=O)Nc4cccc(Cl)c4)[nH]n3)ncnc2cc1OCCCCl. The zero-order chi connectivity index (χ0) is 23.9. The molecule has 2 aromatic carbocycles. The summed E-state index contributed by atoms with van der Waals surface area (Å²) < 4.78 is 11.2. The highest BCUT2D eigenvalue weighted by Gasteiger charge is 2.14. The van der Waals surface area contributed by atoms with Crippen LogP contribution in [0, 0.1) is 0 Å². The normalized spacial score (nSPS) is 10.8. The quantitative estimate of drug-likeness (QED) is 0.208. The van der Waals surface area contributed by atoms with Crippen LogP contribution < -0.4 is 20.1 Å². The summed E-state index contributed by atoms with van der Waals surface area (Å²) in [6.45, 7) is 0.475. The van der Waals surface area contributed by atoms with Crippen LogP contribution in [-0.2, 0) is 11.2 Å². The van der Waals surface area contributed by atoms with E-state index < -0.39 is 0 Å². The number of fused-ring (bicyclic) bond motifs is 1. The molecule has 34 heavy (non-hydrogen) atoms. The maximum atomic E-state index is 12.4. The number of benzene rings is 2. The van der Waals surface area contributed by atoms with Gasteiger partial charge in [0.1, 0.15) is 12.1 Å². The van der Waals surface area contributed by atoms with E-state index in [1.54, 1.807) is 49.6 Å². The number of methoxy groups -OCH3 is 1. The van der Waals surface area contributed by atoms with Crippen LogP contribution in [0.1, 0.15) is 12.1 Å². The van der Waals surface area contributed by atoms with E-state index in [-0.39, 0.29) is 12.3 Å². The fourth-order valence-electron chi connectivity index (χ4n) is 3.25. The molecule has 0 atom stereocenters. The van der Waals surface area contributed by atoms with E-state index in [1.807, 2.05) is 0 Å². The van der Waals surface area contributed by atoms with Crippen molar-refractivity contribution in [3.05, 3.63) is 59.5 Å². The lowest BCUT2D eigenvalue weighted by Gasteiger charge is -2.13. The first-order chi connectivity index (χ1) is 16.6. The lowest BCUT2D eigenvalue weighted by Crippen LogP contribution is -2.14. The Morgan fingerprint density at radius 1 is 1.15 bits per heavy atom. The molecule has 2 heterocycles. The zero-order valence-electron chi connectivity index (χ0n) is 18.3. The minimum absolute atomic E-state index is 0.114. The lowest BCUT2D eigenvalue weighted by atomic mass is 10.2. The summed E-state index contributed by atoms with van der Waals surface area (Å²) in [4.78, 5) is 21.0. The van der Waals surface area contributed by atoms with Crippen LogP contribution in [0.5, 0.6) is 11.5 Å². The number of hydrogen-bond acceptors (Lipinski definition) is 7. The van der Waals surface area contributed by atoms with Crippen molar-refractivity contribution in [2.24, 2.45) is 0 Å². The lowest BCUT2D eigenvalue weighted by molar-refractivity contribution is -0.115. The molecular formula is C23H22Cl2N6O3. The van der Waals surface area contributed by atoms with E-state index in [2.05, 4.69) is 30.8 Å². The number of carbonyl (C=O) groups is 1. The number of ether oxygens (including phenoxy) is 2. The summed E-state index contributed by atoms with van der Waals surface area (Å²) in [5.41, 5.74) is 1.94. The molecule has 0 unspecified atom stereocenters. The van der Waals surface area contributed by atoms with Gasteiger partial charge in [0.05, 0.1) is 25.7 Å². The molecule has 0 aliphatic carbocycles. The smallest absolute Gasteiger partial charge is 0.230 e. The molecule has 2 aromatic heterocycles. The summed E-state index contributed by atoms with van der Waals surface area (Å²) >= 11 is 11.7. The minimum atomic E-state index is -0.198. The number of halogens is 2. The van der Waals surface area contributed by atoms with Crippen LogP contribution in [0.3, 0.4) is 0 Å². The third kappa shape index (κ3) is 5.86. The van der Waals surface area contributed by atoms with Gasteiger partial charge >= 0.3 is 0 Å². The number of aromatic amines is 1. The Labute approximate surface area is 205 Å². The third-order valence-corrected chi connectivity index (χ3v) is 5.30. The van der Waals surface area contributed by atoms with Crippen molar-refractivity contribution in [1.29, 1.82) is 0 Å². The Kier molecular flexibility index (Phi) is 7.66. The second kappa shape index (κ2) is 11.0. The van der Waals surface area contributed by atoms with Gasteiger partial charge in [0, 0.05) is 39.8 Å². The van der Waals surface area contributed by atoms with Gasteiger partial charge in [0.25, 0.3) is 0 Å². The van der Waals surface area contributed by atoms with Gasteiger partial charge in [-0.3, -0.25) is 9.89 Å². The van der Waals surface area contributed by atoms with E-state index >= 15 is 0 Å². The molecule has 0 saturated heterocycles. The molecule has 4 aromatic rings. The predicted octanol–water partition coefficient (Wildman–Crippen LogP) is 4.95.